The molecule has 0 N–H and O–H groups in total. The van der Waals surface area contributed by atoms with Crippen LogP contribution in [0.25, 0.3) is 11.0 Å². The van der Waals surface area contributed by atoms with Crippen LogP contribution in [0.4, 0.5) is 0 Å². The normalized spacial score (nSPS) is 16.8. The maximum absolute atomic E-state index is 11.0. The van der Waals surface area contributed by atoms with E-state index in [-0.39, 0.29) is 0 Å². The van der Waals surface area contributed by atoms with Crippen LogP contribution in [0.2, 0.25) is 0 Å². The number of carbonyl (C=O) groups is 1. The van der Waals surface area contributed by atoms with Crippen LogP contribution >= 0.6 is 0 Å². The first-order chi connectivity index (χ1) is 7.65. The number of aryl methyl sites for hydroxylation is 2. The predicted molar refractivity (Wildman–Crippen MR) is 62.4 cm³/mol. The number of pyridine rings is 1. The quantitative estimate of drug-likeness (QED) is 0.730. The van der Waals surface area contributed by atoms with E-state index in [1.54, 1.807) is 0 Å². The molecule has 16 heavy (non-hydrogen) atoms. The zero-order valence-electron chi connectivity index (χ0n) is 9.53. The third kappa shape index (κ3) is 1.28. The molecule has 1 fully saturated rings. The third-order valence-electron chi connectivity index (χ3n) is 3.41. The number of hydrogen-bond acceptors (Lipinski definition) is 2. The van der Waals surface area contributed by atoms with Crippen molar-refractivity contribution in [2.24, 2.45) is 7.05 Å². The fourth-order valence-corrected chi connectivity index (χ4v) is 2.44. The molecular weight excluding hydrogens is 200 g/mol. The van der Waals surface area contributed by atoms with Gasteiger partial charge in [0.25, 0.3) is 0 Å². The van der Waals surface area contributed by atoms with E-state index in [2.05, 4.69) is 21.7 Å². The summed E-state index contributed by atoms with van der Waals surface area (Å²) in [5.41, 5.74) is 3.43. The smallest absolute Gasteiger partial charge is 0.139 e. The minimum Gasteiger partial charge on any atom is -0.332 e. The SMILES string of the molecule is Cc1cnc2c(c1)cc(C1CC(=O)C1)n2C. The van der Waals surface area contributed by atoms with Gasteiger partial charge in [-0.15, -0.1) is 0 Å². The number of nitrogens with zero attached hydrogens (tertiary/aromatic N) is 2. The maximum Gasteiger partial charge on any atom is 0.139 e. The Hall–Kier alpha value is -1.64. The van der Waals surface area contributed by atoms with Crippen molar-refractivity contribution in [1.29, 1.82) is 0 Å². The van der Waals surface area contributed by atoms with Gasteiger partial charge in [0.15, 0.2) is 0 Å². The zero-order chi connectivity index (χ0) is 11.3. The number of fused-ring (bicyclic) bond motifs is 1. The van der Waals surface area contributed by atoms with Gasteiger partial charge in [-0.2, -0.15) is 0 Å². The topological polar surface area (TPSA) is 34.9 Å². The summed E-state index contributed by atoms with van der Waals surface area (Å²) in [5, 5.41) is 1.18. The highest BCUT2D eigenvalue weighted by atomic mass is 16.1. The molecule has 3 rings (SSSR count). The van der Waals surface area contributed by atoms with Crippen molar-refractivity contribution in [2.75, 3.05) is 0 Å². The molecule has 0 atom stereocenters. The molecule has 1 saturated carbocycles. The number of rotatable bonds is 1. The zero-order valence-corrected chi connectivity index (χ0v) is 9.53. The number of Topliss-reactive ketones (excluding diaryl/α,β-unsaturated/α-hetero) is 1. The van der Waals surface area contributed by atoms with Crippen LogP contribution in [0.5, 0.6) is 0 Å². The lowest BCUT2D eigenvalue weighted by atomic mass is 9.81. The Morgan fingerprint density at radius 3 is 2.81 bits per heavy atom. The van der Waals surface area contributed by atoms with Gasteiger partial charge in [0.05, 0.1) is 0 Å². The standard InChI is InChI=1S/C13H14N2O/c1-8-3-10-6-12(9-4-11(16)5-9)15(2)13(10)14-7-8/h3,6-7,9H,4-5H2,1-2H3. The highest BCUT2D eigenvalue weighted by Crippen LogP contribution is 2.35. The average Bonchev–Trinajstić information content (AvgIpc) is 2.51. The molecule has 3 heteroatoms. The summed E-state index contributed by atoms with van der Waals surface area (Å²) in [7, 11) is 2.03. The molecular formula is C13H14N2O. The fourth-order valence-electron chi connectivity index (χ4n) is 2.44. The molecule has 0 radical (unpaired) electrons. The van der Waals surface area contributed by atoms with Crippen LogP contribution in [0.15, 0.2) is 18.3 Å². The molecule has 0 bridgehead atoms. The van der Waals surface area contributed by atoms with Gasteiger partial charge in [-0.3, -0.25) is 4.79 Å². The van der Waals surface area contributed by atoms with Crippen LogP contribution in [-0.4, -0.2) is 15.3 Å². The van der Waals surface area contributed by atoms with E-state index < -0.39 is 0 Å². The van der Waals surface area contributed by atoms with Gasteiger partial charge in [-0.25, -0.2) is 4.98 Å². The van der Waals surface area contributed by atoms with E-state index in [1.165, 1.54) is 16.6 Å². The Bertz CT molecular complexity index is 575. The molecule has 2 aromatic rings. The lowest BCUT2D eigenvalue weighted by molar-refractivity contribution is -0.124. The summed E-state index contributed by atoms with van der Waals surface area (Å²) in [4.78, 5) is 15.5. The van der Waals surface area contributed by atoms with Gasteiger partial charge in [-0.05, 0) is 24.6 Å². The molecule has 0 unspecified atom stereocenters. The molecule has 0 aliphatic heterocycles. The van der Waals surface area contributed by atoms with E-state index in [4.69, 9.17) is 0 Å². The summed E-state index contributed by atoms with van der Waals surface area (Å²) < 4.78 is 2.12. The van der Waals surface area contributed by atoms with Crippen molar-refractivity contribution >= 4 is 16.8 Å². The van der Waals surface area contributed by atoms with Crippen molar-refractivity contribution < 1.29 is 4.79 Å². The Morgan fingerprint density at radius 2 is 2.12 bits per heavy atom. The van der Waals surface area contributed by atoms with E-state index in [1.807, 2.05) is 20.2 Å². The number of hydrogen-bond donors (Lipinski definition) is 0. The molecule has 0 amide bonds. The Kier molecular flexibility index (Phi) is 1.90. The number of aromatic nitrogens is 2. The largest absolute Gasteiger partial charge is 0.332 e. The third-order valence-corrected chi connectivity index (χ3v) is 3.41. The highest BCUT2D eigenvalue weighted by molar-refractivity contribution is 5.87. The van der Waals surface area contributed by atoms with E-state index >= 15 is 0 Å². The first-order valence-electron chi connectivity index (χ1n) is 5.59. The van der Waals surface area contributed by atoms with E-state index in [0.717, 1.165) is 5.65 Å². The molecule has 0 aromatic carbocycles. The fraction of sp³-hybridized carbons (Fsp3) is 0.385. The van der Waals surface area contributed by atoms with Crippen molar-refractivity contribution in [3.63, 3.8) is 0 Å². The monoisotopic (exact) mass is 214 g/mol. The average molecular weight is 214 g/mol. The maximum atomic E-state index is 11.0. The van der Waals surface area contributed by atoms with Gasteiger partial charge in [0, 0.05) is 43.1 Å². The van der Waals surface area contributed by atoms with Gasteiger partial charge in [-0.1, -0.05) is 0 Å². The first-order valence-corrected chi connectivity index (χ1v) is 5.59. The van der Waals surface area contributed by atoms with E-state index in [9.17, 15) is 4.79 Å². The Balaban J connectivity index is 2.12. The summed E-state index contributed by atoms with van der Waals surface area (Å²) >= 11 is 0. The lowest BCUT2D eigenvalue weighted by Gasteiger charge is -2.24. The minimum absolute atomic E-state index is 0.374. The Morgan fingerprint density at radius 1 is 1.38 bits per heavy atom. The van der Waals surface area contributed by atoms with Crippen molar-refractivity contribution in [2.45, 2.75) is 25.7 Å². The van der Waals surface area contributed by atoms with Gasteiger partial charge in [0.1, 0.15) is 11.4 Å². The molecule has 1 aliphatic carbocycles. The van der Waals surface area contributed by atoms with Crippen LogP contribution in [0, 0.1) is 6.92 Å². The first kappa shape index (κ1) is 9.58. The summed E-state index contributed by atoms with van der Waals surface area (Å²) in [6.45, 7) is 2.05. The molecule has 82 valence electrons. The van der Waals surface area contributed by atoms with Gasteiger partial charge < -0.3 is 4.57 Å². The van der Waals surface area contributed by atoms with Gasteiger partial charge >= 0.3 is 0 Å². The molecule has 2 aromatic heterocycles. The number of carbonyl (C=O) groups excluding carboxylic acids is 1. The second kappa shape index (κ2) is 3.17. The highest BCUT2D eigenvalue weighted by Gasteiger charge is 2.30. The van der Waals surface area contributed by atoms with Crippen LogP contribution in [0.1, 0.15) is 30.0 Å². The van der Waals surface area contributed by atoms with Crippen LogP contribution < -0.4 is 0 Å². The van der Waals surface area contributed by atoms with Crippen molar-refractivity contribution in [3.05, 3.63) is 29.6 Å². The second-order valence-corrected chi connectivity index (χ2v) is 4.70. The van der Waals surface area contributed by atoms with E-state index in [0.29, 0.717) is 24.5 Å². The van der Waals surface area contributed by atoms with Gasteiger partial charge in [0.2, 0.25) is 0 Å². The Labute approximate surface area is 94.1 Å². The summed E-state index contributed by atoms with van der Waals surface area (Å²) in [6.07, 6.45) is 3.28. The molecule has 0 saturated heterocycles. The van der Waals surface area contributed by atoms with Crippen molar-refractivity contribution in [1.82, 2.24) is 9.55 Å². The lowest BCUT2D eigenvalue weighted by Crippen LogP contribution is -2.22. The molecule has 0 spiro atoms. The predicted octanol–water partition coefficient (Wildman–Crippen LogP) is 2.33. The molecule has 1 aliphatic rings. The number of ketones is 1. The van der Waals surface area contributed by atoms with Crippen molar-refractivity contribution in [3.8, 4) is 0 Å². The van der Waals surface area contributed by atoms with Crippen LogP contribution in [-0.2, 0) is 11.8 Å². The summed E-state index contributed by atoms with van der Waals surface area (Å²) in [6, 6.07) is 4.32. The molecule has 2 heterocycles. The molecule has 3 nitrogen and oxygen atoms in total. The second-order valence-electron chi connectivity index (χ2n) is 4.70. The summed E-state index contributed by atoms with van der Waals surface area (Å²) in [5.74, 6) is 0.784. The van der Waals surface area contributed by atoms with Crippen LogP contribution in [0.3, 0.4) is 0 Å². The minimum atomic E-state index is 0.374.